The normalized spacial score (nSPS) is 17.9. The van der Waals surface area contributed by atoms with E-state index in [2.05, 4.69) is 0 Å². The fourth-order valence-corrected chi connectivity index (χ4v) is 3.41. The zero-order valence-electron chi connectivity index (χ0n) is 10.5. The van der Waals surface area contributed by atoms with E-state index in [1.807, 2.05) is 11.8 Å². The first-order chi connectivity index (χ1) is 9.16. The molecule has 1 heterocycles. The lowest BCUT2D eigenvalue weighted by molar-refractivity contribution is -0.145. The van der Waals surface area contributed by atoms with E-state index < -0.39 is 11.9 Å². The standard InChI is InChI=1S/C14H17FO3S/c15-11-2-1-3-12(8-11)18-9-13(14(16)17)10-4-6-19-7-5-10/h1-3,8,10,13H,4-7,9H2,(H,16,17). The van der Waals surface area contributed by atoms with Gasteiger partial charge < -0.3 is 9.84 Å². The lowest BCUT2D eigenvalue weighted by atomic mass is 9.88. The molecule has 2 rings (SSSR count). The minimum Gasteiger partial charge on any atom is -0.493 e. The maximum absolute atomic E-state index is 13.0. The lowest BCUT2D eigenvalue weighted by Gasteiger charge is -2.27. The van der Waals surface area contributed by atoms with Crippen molar-refractivity contribution < 1.29 is 19.0 Å². The van der Waals surface area contributed by atoms with Crippen molar-refractivity contribution in [1.29, 1.82) is 0 Å². The van der Waals surface area contributed by atoms with Crippen LogP contribution >= 0.6 is 11.8 Å². The number of carboxylic acids is 1. The molecule has 5 heteroatoms. The van der Waals surface area contributed by atoms with Gasteiger partial charge in [-0.05, 0) is 42.4 Å². The molecule has 0 saturated carbocycles. The van der Waals surface area contributed by atoms with E-state index in [0.29, 0.717) is 5.75 Å². The summed E-state index contributed by atoms with van der Waals surface area (Å²) >= 11 is 1.86. The maximum Gasteiger partial charge on any atom is 0.310 e. The van der Waals surface area contributed by atoms with Crippen LogP contribution in [-0.4, -0.2) is 29.2 Å². The van der Waals surface area contributed by atoms with E-state index >= 15 is 0 Å². The Morgan fingerprint density at radius 1 is 1.47 bits per heavy atom. The van der Waals surface area contributed by atoms with Gasteiger partial charge in [0, 0.05) is 6.07 Å². The second-order valence-corrected chi connectivity index (χ2v) is 5.89. The second kappa shape index (κ2) is 6.80. The van der Waals surface area contributed by atoms with Crippen LogP contribution in [0.3, 0.4) is 0 Å². The first-order valence-electron chi connectivity index (χ1n) is 6.35. The molecule has 0 amide bonds. The predicted octanol–water partition coefficient (Wildman–Crippen LogP) is 3.05. The van der Waals surface area contributed by atoms with Crippen molar-refractivity contribution in [2.75, 3.05) is 18.1 Å². The summed E-state index contributed by atoms with van der Waals surface area (Å²) in [7, 11) is 0. The van der Waals surface area contributed by atoms with E-state index in [1.54, 1.807) is 12.1 Å². The number of hydrogen-bond acceptors (Lipinski definition) is 3. The Morgan fingerprint density at radius 3 is 2.84 bits per heavy atom. The van der Waals surface area contributed by atoms with Crippen molar-refractivity contribution in [3.63, 3.8) is 0 Å². The molecule has 1 unspecified atom stereocenters. The number of rotatable bonds is 5. The summed E-state index contributed by atoms with van der Waals surface area (Å²) in [6, 6.07) is 5.80. The SMILES string of the molecule is O=C(O)C(COc1cccc(F)c1)C1CCSCC1. The van der Waals surface area contributed by atoms with Crippen LogP contribution in [0.4, 0.5) is 4.39 Å². The molecule has 19 heavy (non-hydrogen) atoms. The zero-order chi connectivity index (χ0) is 13.7. The maximum atomic E-state index is 13.0. The average molecular weight is 284 g/mol. The van der Waals surface area contributed by atoms with Crippen LogP contribution in [0.5, 0.6) is 5.75 Å². The van der Waals surface area contributed by atoms with Crippen molar-refractivity contribution in [2.24, 2.45) is 11.8 Å². The van der Waals surface area contributed by atoms with Crippen LogP contribution in [0.25, 0.3) is 0 Å². The summed E-state index contributed by atoms with van der Waals surface area (Å²) in [6.45, 7) is 0.105. The number of aliphatic carboxylic acids is 1. The number of carboxylic acid groups (broad SMARTS) is 1. The molecule has 3 nitrogen and oxygen atoms in total. The van der Waals surface area contributed by atoms with Crippen molar-refractivity contribution >= 4 is 17.7 Å². The molecule has 1 atom stereocenters. The minimum absolute atomic E-state index is 0.105. The molecule has 0 spiro atoms. The highest BCUT2D eigenvalue weighted by atomic mass is 32.2. The van der Waals surface area contributed by atoms with E-state index in [4.69, 9.17) is 4.74 Å². The Bertz CT molecular complexity index is 432. The number of thioether (sulfide) groups is 1. The van der Waals surface area contributed by atoms with Crippen molar-refractivity contribution in [3.05, 3.63) is 30.1 Å². The monoisotopic (exact) mass is 284 g/mol. The summed E-state index contributed by atoms with van der Waals surface area (Å²) in [6.07, 6.45) is 1.82. The molecule has 1 fully saturated rings. The summed E-state index contributed by atoms with van der Waals surface area (Å²) < 4.78 is 18.4. The van der Waals surface area contributed by atoms with Gasteiger partial charge >= 0.3 is 5.97 Å². The quantitative estimate of drug-likeness (QED) is 0.902. The van der Waals surface area contributed by atoms with Gasteiger partial charge in [0.05, 0.1) is 5.92 Å². The van der Waals surface area contributed by atoms with Gasteiger partial charge in [0.25, 0.3) is 0 Å². The Hall–Kier alpha value is -1.23. The predicted molar refractivity (Wildman–Crippen MR) is 73.1 cm³/mol. The van der Waals surface area contributed by atoms with Gasteiger partial charge in [-0.3, -0.25) is 4.79 Å². The fraction of sp³-hybridized carbons (Fsp3) is 0.500. The molecule has 0 aliphatic carbocycles. The summed E-state index contributed by atoms with van der Waals surface area (Å²) in [4.78, 5) is 11.3. The minimum atomic E-state index is -0.826. The number of hydrogen-bond donors (Lipinski definition) is 1. The van der Waals surface area contributed by atoms with Crippen molar-refractivity contribution in [3.8, 4) is 5.75 Å². The third-order valence-electron chi connectivity index (χ3n) is 3.38. The van der Waals surface area contributed by atoms with Crippen LogP contribution in [-0.2, 0) is 4.79 Å². The number of carbonyl (C=O) groups is 1. The highest BCUT2D eigenvalue weighted by molar-refractivity contribution is 7.99. The summed E-state index contributed by atoms with van der Waals surface area (Å²) in [5.74, 6) is 0.850. The van der Waals surface area contributed by atoms with E-state index in [0.717, 1.165) is 24.3 Å². The zero-order valence-corrected chi connectivity index (χ0v) is 11.4. The second-order valence-electron chi connectivity index (χ2n) is 4.66. The van der Waals surface area contributed by atoms with E-state index in [9.17, 15) is 14.3 Å². The molecule has 1 aromatic rings. The average Bonchev–Trinajstić information content (AvgIpc) is 2.40. The molecule has 0 aromatic heterocycles. The topological polar surface area (TPSA) is 46.5 Å². The van der Waals surface area contributed by atoms with Crippen LogP contribution in [0.2, 0.25) is 0 Å². The molecule has 1 aliphatic heterocycles. The van der Waals surface area contributed by atoms with Crippen molar-refractivity contribution in [2.45, 2.75) is 12.8 Å². The molecule has 0 bridgehead atoms. The van der Waals surface area contributed by atoms with Gasteiger partial charge in [0.15, 0.2) is 0 Å². The molecule has 1 aromatic carbocycles. The van der Waals surface area contributed by atoms with Crippen LogP contribution in [0, 0.1) is 17.7 Å². The Balaban J connectivity index is 1.95. The largest absolute Gasteiger partial charge is 0.493 e. The first-order valence-corrected chi connectivity index (χ1v) is 7.51. The van der Waals surface area contributed by atoms with Gasteiger partial charge in [-0.15, -0.1) is 0 Å². The van der Waals surface area contributed by atoms with Crippen molar-refractivity contribution in [1.82, 2.24) is 0 Å². The smallest absolute Gasteiger partial charge is 0.310 e. The first kappa shape index (κ1) is 14.2. The molecular formula is C14H17FO3S. The highest BCUT2D eigenvalue weighted by Crippen LogP contribution is 2.29. The summed E-state index contributed by atoms with van der Waals surface area (Å²) in [5, 5.41) is 9.30. The molecular weight excluding hydrogens is 267 g/mol. The van der Waals surface area contributed by atoms with Crippen LogP contribution in [0.15, 0.2) is 24.3 Å². The molecule has 1 saturated heterocycles. The molecule has 104 valence electrons. The van der Waals surface area contributed by atoms with Gasteiger partial charge in [-0.2, -0.15) is 11.8 Å². The molecule has 0 radical (unpaired) electrons. The highest BCUT2D eigenvalue weighted by Gasteiger charge is 2.30. The number of ether oxygens (including phenoxy) is 1. The van der Waals surface area contributed by atoms with Gasteiger partial charge in [0.2, 0.25) is 0 Å². The Kier molecular flexibility index (Phi) is 5.07. The van der Waals surface area contributed by atoms with Crippen LogP contribution < -0.4 is 4.74 Å². The van der Waals surface area contributed by atoms with Gasteiger partial charge in [-0.25, -0.2) is 4.39 Å². The Labute approximate surface area is 116 Å². The van der Waals surface area contributed by atoms with E-state index in [1.165, 1.54) is 12.1 Å². The van der Waals surface area contributed by atoms with Gasteiger partial charge in [-0.1, -0.05) is 6.07 Å². The fourth-order valence-electron chi connectivity index (χ4n) is 2.27. The lowest BCUT2D eigenvalue weighted by Crippen LogP contribution is -2.31. The summed E-state index contributed by atoms with van der Waals surface area (Å²) in [5.41, 5.74) is 0. The number of halogens is 1. The third-order valence-corrected chi connectivity index (χ3v) is 4.43. The molecule has 1 aliphatic rings. The molecule has 1 N–H and O–H groups in total. The van der Waals surface area contributed by atoms with E-state index in [-0.39, 0.29) is 18.3 Å². The Morgan fingerprint density at radius 2 is 2.21 bits per heavy atom. The number of benzene rings is 1. The van der Waals surface area contributed by atoms with Gasteiger partial charge in [0.1, 0.15) is 18.2 Å². The third kappa shape index (κ3) is 4.13. The van der Waals surface area contributed by atoms with Crippen LogP contribution in [0.1, 0.15) is 12.8 Å².